The molecule has 0 saturated carbocycles. The Balaban J connectivity index is 1.51. The number of thiazole rings is 1. The van der Waals surface area contributed by atoms with E-state index in [2.05, 4.69) is 9.71 Å². The molecule has 0 atom stereocenters. The fourth-order valence-corrected chi connectivity index (χ4v) is 5.17. The van der Waals surface area contributed by atoms with E-state index in [1.54, 1.807) is 24.3 Å². The van der Waals surface area contributed by atoms with Crippen molar-refractivity contribution in [2.45, 2.75) is 25.3 Å². The van der Waals surface area contributed by atoms with Crippen LogP contribution in [0.25, 0.3) is 16.2 Å². The normalized spacial score (nSPS) is 11.8. The molecule has 1 N–H and O–H groups in total. The Hall–Kier alpha value is -2.75. The second-order valence-corrected chi connectivity index (χ2v) is 9.45. The van der Waals surface area contributed by atoms with E-state index in [0.717, 1.165) is 26.8 Å². The van der Waals surface area contributed by atoms with Gasteiger partial charge in [0.1, 0.15) is 11.6 Å². The lowest BCUT2D eigenvalue weighted by Gasteiger charge is -2.08. The zero-order valence-corrected chi connectivity index (χ0v) is 18.1. The fraction of sp³-hybridized carbons (Fsp3) is 0.190. The molecule has 0 radical (unpaired) electrons. The lowest BCUT2D eigenvalue weighted by atomic mass is 10.2. The Morgan fingerprint density at radius 1 is 1.13 bits per heavy atom. The summed E-state index contributed by atoms with van der Waals surface area (Å²) in [6.45, 7) is 4.48. The molecule has 6 nitrogen and oxygen atoms in total. The quantitative estimate of drug-likeness (QED) is 0.458. The summed E-state index contributed by atoms with van der Waals surface area (Å²) in [5, 5.41) is 0. The zero-order valence-electron chi connectivity index (χ0n) is 16.4. The lowest BCUT2D eigenvalue weighted by molar-refractivity contribution is 0.340. The summed E-state index contributed by atoms with van der Waals surface area (Å²) in [6.07, 6.45) is 1.87. The molecule has 2 heterocycles. The monoisotopic (exact) mass is 445 g/mol. The van der Waals surface area contributed by atoms with Crippen LogP contribution < -0.4 is 9.46 Å². The zero-order chi connectivity index (χ0) is 21.3. The van der Waals surface area contributed by atoms with Crippen molar-refractivity contribution in [1.82, 2.24) is 14.1 Å². The van der Waals surface area contributed by atoms with Crippen LogP contribution in [-0.4, -0.2) is 24.4 Å². The predicted molar refractivity (Wildman–Crippen MR) is 115 cm³/mol. The minimum absolute atomic E-state index is 0.168. The van der Waals surface area contributed by atoms with Gasteiger partial charge in [-0.1, -0.05) is 11.3 Å². The second-order valence-electron chi connectivity index (χ2n) is 6.63. The van der Waals surface area contributed by atoms with Gasteiger partial charge in [-0.25, -0.2) is 22.5 Å². The summed E-state index contributed by atoms with van der Waals surface area (Å²) >= 11 is 1.42. The number of ether oxygens (including phenoxy) is 1. The highest BCUT2D eigenvalue weighted by atomic mass is 32.2. The van der Waals surface area contributed by atoms with E-state index < -0.39 is 10.0 Å². The minimum Gasteiger partial charge on any atom is -0.494 e. The van der Waals surface area contributed by atoms with Crippen molar-refractivity contribution in [3.63, 3.8) is 0 Å². The maximum Gasteiger partial charge on any atom is 0.240 e. The Morgan fingerprint density at radius 2 is 1.83 bits per heavy atom. The average Bonchev–Trinajstić information content (AvgIpc) is 3.27. The van der Waals surface area contributed by atoms with Gasteiger partial charge in [0, 0.05) is 28.9 Å². The van der Waals surface area contributed by atoms with Gasteiger partial charge in [-0.15, -0.1) is 0 Å². The first-order chi connectivity index (χ1) is 14.4. The average molecular weight is 446 g/mol. The SMILES string of the molecule is CCOc1ccc(S(=O)(=O)NCc2sc3nc(-c4ccc(F)cc4)cn3c2C)cc1. The summed E-state index contributed by atoms with van der Waals surface area (Å²) in [7, 11) is -3.65. The number of nitrogens with one attached hydrogen (secondary N) is 1. The van der Waals surface area contributed by atoms with E-state index in [4.69, 9.17) is 4.74 Å². The molecule has 0 unspecified atom stereocenters. The van der Waals surface area contributed by atoms with Crippen LogP contribution in [0.2, 0.25) is 0 Å². The number of fused-ring (bicyclic) bond motifs is 1. The van der Waals surface area contributed by atoms with E-state index in [0.29, 0.717) is 12.4 Å². The molecule has 0 bridgehead atoms. The number of sulfonamides is 1. The van der Waals surface area contributed by atoms with E-state index in [-0.39, 0.29) is 17.3 Å². The molecule has 4 aromatic rings. The molecule has 30 heavy (non-hydrogen) atoms. The van der Waals surface area contributed by atoms with Crippen molar-refractivity contribution in [3.05, 3.63) is 71.1 Å². The third-order valence-corrected chi connectivity index (χ3v) is 7.23. The fourth-order valence-electron chi connectivity index (χ4n) is 3.04. The van der Waals surface area contributed by atoms with Gasteiger partial charge in [0.25, 0.3) is 0 Å². The number of imidazole rings is 1. The molecule has 0 amide bonds. The highest BCUT2D eigenvalue weighted by Crippen LogP contribution is 2.27. The van der Waals surface area contributed by atoms with Gasteiger partial charge in [-0.2, -0.15) is 0 Å². The molecule has 0 aliphatic rings. The first-order valence-corrected chi connectivity index (χ1v) is 11.6. The third-order valence-electron chi connectivity index (χ3n) is 4.66. The standard InChI is InChI=1S/C21H20FN3O3S2/c1-3-28-17-8-10-18(11-9-17)30(26,27)23-12-20-14(2)25-13-19(24-21(25)29-20)15-4-6-16(22)7-5-15/h4-11,13,23H,3,12H2,1-2H3. The van der Waals surface area contributed by atoms with Gasteiger partial charge in [0.15, 0.2) is 4.96 Å². The number of hydrogen-bond donors (Lipinski definition) is 1. The van der Waals surface area contributed by atoms with Crippen molar-refractivity contribution in [3.8, 4) is 17.0 Å². The number of nitrogens with zero attached hydrogens (tertiary/aromatic N) is 2. The summed E-state index contributed by atoms with van der Waals surface area (Å²) in [5.41, 5.74) is 2.47. The van der Waals surface area contributed by atoms with Crippen LogP contribution in [0.15, 0.2) is 59.6 Å². The third kappa shape index (κ3) is 4.09. The molecule has 0 spiro atoms. The first kappa shape index (κ1) is 20.5. The Bertz CT molecular complexity index is 1280. The van der Waals surface area contributed by atoms with Gasteiger partial charge >= 0.3 is 0 Å². The predicted octanol–water partition coefficient (Wildman–Crippen LogP) is 4.39. The number of hydrogen-bond acceptors (Lipinski definition) is 5. The molecule has 2 aromatic carbocycles. The van der Waals surface area contributed by atoms with Crippen LogP contribution in [0.4, 0.5) is 4.39 Å². The number of aryl methyl sites for hydroxylation is 1. The number of benzene rings is 2. The Kier molecular flexibility index (Phi) is 5.59. The van der Waals surface area contributed by atoms with Crippen molar-refractivity contribution in [2.75, 3.05) is 6.61 Å². The van der Waals surface area contributed by atoms with Crippen molar-refractivity contribution in [2.24, 2.45) is 0 Å². The minimum atomic E-state index is -3.65. The van der Waals surface area contributed by atoms with Gasteiger partial charge < -0.3 is 4.74 Å². The smallest absolute Gasteiger partial charge is 0.240 e. The van der Waals surface area contributed by atoms with Crippen molar-refractivity contribution in [1.29, 1.82) is 0 Å². The largest absolute Gasteiger partial charge is 0.494 e. The summed E-state index contributed by atoms with van der Waals surface area (Å²) in [4.78, 5) is 6.40. The van der Waals surface area contributed by atoms with Crippen LogP contribution in [0.5, 0.6) is 5.75 Å². The van der Waals surface area contributed by atoms with E-state index in [9.17, 15) is 12.8 Å². The molecule has 2 aromatic heterocycles. The molecule has 0 fully saturated rings. The number of halogens is 1. The lowest BCUT2D eigenvalue weighted by Crippen LogP contribution is -2.23. The molecule has 156 valence electrons. The van der Waals surface area contributed by atoms with Crippen LogP contribution in [0.3, 0.4) is 0 Å². The topological polar surface area (TPSA) is 72.7 Å². The highest BCUT2D eigenvalue weighted by Gasteiger charge is 2.17. The maximum absolute atomic E-state index is 13.1. The first-order valence-electron chi connectivity index (χ1n) is 9.33. The summed E-state index contributed by atoms with van der Waals surface area (Å²) < 4.78 is 48.3. The van der Waals surface area contributed by atoms with Gasteiger partial charge in [-0.3, -0.25) is 4.40 Å². The van der Waals surface area contributed by atoms with Crippen molar-refractivity contribution < 1.29 is 17.5 Å². The van der Waals surface area contributed by atoms with Crippen LogP contribution in [0.1, 0.15) is 17.5 Å². The van der Waals surface area contributed by atoms with Gasteiger partial charge in [-0.05, 0) is 62.4 Å². The molecule has 9 heteroatoms. The summed E-state index contributed by atoms with van der Waals surface area (Å²) in [5.74, 6) is 0.335. The van der Waals surface area contributed by atoms with E-state index >= 15 is 0 Å². The van der Waals surface area contributed by atoms with Gasteiger partial charge in [0.05, 0.1) is 17.2 Å². The molecule has 0 saturated heterocycles. The van der Waals surface area contributed by atoms with E-state index in [1.807, 2.05) is 24.4 Å². The second kappa shape index (κ2) is 8.17. The Labute approximate surface area is 178 Å². The molecular weight excluding hydrogens is 425 g/mol. The van der Waals surface area contributed by atoms with Crippen LogP contribution in [0, 0.1) is 12.7 Å². The maximum atomic E-state index is 13.1. The van der Waals surface area contributed by atoms with Crippen molar-refractivity contribution >= 4 is 26.3 Å². The molecule has 4 rings (SSSR count). The summed E-state index contributed by atoms with van der Waals surface area (Å²) in [6, 6.07) is 12.5. The highest BCUT2D eigenvalue weighted by molar-refractivity contribution is 7.89. The van der Waals surface area contributed by atoms with Gasteiger partial charge in [0.2, 0.25) is 10.0 Å². The number of rotatable bonds is 7. The molecular formula is C21H20FN3O3S2. The Morgan fingerprint density at radius 3 is 2.47 bits per heavy atom. The molecule has 0 aliphatic carbocycles. The van der Waals surface area contributed by atoms with Crippen LogP contribution >= 0.6 is 11.3 Å². The molecule has 0 aliphatic heterocycles. The van der Waals surface area contributed by atoms with E-state index in [1.165, 1.54) is 35.6 Å². The number of aromatic nitrogens is 2. The van der Waals surface area contributed by atoms with Crippen LogP contribution in [-0.2, 0) is 16.6 Å².